The minimum Gasteiger partial charge on any atom is -0.460 e. The van der Waals surface area contributed by atoms with Crippen molar-refractivity contribution in [1.29, 1.82) is 0 Å². The number of hydrogen-bond donors (Lipinski definition) is 2. The monoisotopic (exact) mass is 148 g/mol. The van der Waals surface area contributed by atoms with Crippen LogP contribution in [0.1, 0.15) is 20.3 Å². The predicted molar refractivity (Wildman–Crippen MR) is 34.1 cm³/mol. The molecule has 0 aromatic carbocycles. The summed E-state index contributed by atoms with van der Waals surface area (Å²) in [4.78, 5) is 10.4. The van der Waals surface area contributed by atoms with E-state index < -0.39 is 11.8 Å². The van der Waals surface area contributed by atoms with Gasteiger partial charge in [0.2, 0.25) is 0 Å². The van der Waals surface area contributed by atoms with E-state index in [0.717, 1.165) is 6.92 Å². The zero-order chi connectivity index (χ0) is 8.20. The molecule has 0 bridgehead atoms. The molecule has 0 saturated heterocycles. The third-order valence-corrected chi connectivity index (χ3v) is 0.795. The Morgan fingerprint density at radius 3 is 2.40 bits per heavy atom. The van der Waals surface area contributed by atoms with E-state index in [1.165, 1.54) is 0 Å². The summed E-state index contributed by atoms with van der Waals surface area (Å²) < 4.78 is 4.42. The summed E-state index contributed by atoms with van der Waals surface area (Å²) in [6.45, 7) is 2.41. The fourth-order valence-corrected chi connectivity index (χ4v) is 0.319. The lowest BCUT2D eigenvalue weighted by Crippen LogP contribution is -2.31. The van der Waals surface area contributed by atoms with Crippen molar-refractivity contribution >= 4 is 5.97 Å². The Hall–Kier alpha value is -0.610. The van der Waals surface area contributed by atoms with Gasteiger partial charge >= 0.3 is 5.97 Å². The van der Waals surface area contributed by atoms with Gasteiger partial charge in [0.25, 0.3) is 0 Å². The summed E-state index contributed by atoms with van der Waals surface area (Å²) in [6, 6.07) is 0. The molecule has 2 N–H and O–H groups in total. The second-order valence-corrected chi connectivity index (χ2v) is 2.23. The third kappa shape index (κ3) is 5.53. The summed E-state index contributed by atoms with van der Waals surface area (Å²) in [5, 5.41) is 17.3. The molecule has 4 heteroatoms. The highest BCUT2D eigenvalue weighted by molar-refractivity contribution is 5.68. The largest absolute Gasteiger partial charge is 0.460 e. The van der Waals surface area contributed by atoms with Crippen molar-refractivity contribution in [3.63, 3.8) is 0 Å². The van der Waals surface area contributed by atoms with E-state index in [0.29, 0.717) is 0 Å². The van der Waals surface area contributed by atoms with E-state index in [1.54, 1.807) is 6.92 Å². The van der Waals surface area contributed by atoms with Crippen molar-refractivity contribution in [1.82, 2.24) is 0 Å². The lowest BCUT2D eigenvalue weighted by atomic mass is 10.4. The first-order chi connectivity index (χ1) is 4.45. The van der Waals surface area contributed by atoms with Crippen LogP contribution in [-0.4, -0.2) is 28.6 Å². The van der Waals surface area contributed by atoms with Gasteiger partial charge < -0.3 is 14.9 Å². The maximum Gasteiger partial charge on any atom is 0.305 e. The van der Waals surface area contributed by atoms with Crippen molar-refractivity contribution in [2.75, 3.05) is 6.61 Å². The highest BCUT2D eigenvalue weighted by atomic mass is 16.6. The summed E-state index contributed by atoms with van der Waals surface area (Å²) in [7, 11) is 0. The highest BCUT2D eigenvalue weighted by Crippen LogP contribution is 1.97. The third-order valence-electron chi connectivity index (χ3n) is 0.795. The second-order valence-electron chi connectivity index (χ2n) is 2.23. The molecule has 0 aliphatic rings. The van der Waals surface area contributed by atoms with Gasteiger partial charge in [0.05, 0.1) is 0 Å². The Kier molecular flexibility index (Phi) is 3.32. The summed E-state index contributed by atoms with van der Waals surface area (Å²) in [5.74, 6) is -2.35. The van der Waals surface area contributed by atoms with Gasteiger partial charge in [-0.1, -0.05) is 6.92 Å². The van der Waals surface area contributed by atoms with E-state index in [2.05, 4.69) is 4.74 Å². The van der Waals surface area contributed by atoms with Crippen molar-refractivity contribution in [3.05, 3.63) is 0 Å². The van der Waals surface area contributed by atoms with Crippen molar-refractivity contribution in [3.8, 4) is 0 Å². The topological polar surface area (TPSA) is 66.8 Å². The molecule has 0 radical (unpaired) electrons. The summed E-state index contributed by atoms with van der Waals surface area (Å²) in [6.07, 6.45) is 0.246. The number of aliphatic hydroxyl groups is 2. The highest BCUT2D eigenvalue weighted by Gasteiger charge is 2.16. The Balaban J connectivity index is 3.46. The number of esters is 1. The summed E-state index contributed by atoms with van der Waals surface area (Å²) >= 11 is 0. The molecule has 0 aromatic heterocycles. The smallest absolute Gasteiger partial charge is 0.305 e. The Bertz CT molecular complexity index is 113. The first kappa shape index (κ1) is 9.39. The molecule has 0 atom stereocenters. The molecular formula is C6H12O4. The molecule has 10 heavy (non-hydrogen) atoms. The molecule has 0 heterocycles. The molecule has 0 aromatic rings. The van der Waals surface area contributed by atoms with Crippen LogP contribution >= 0.6 is 0 Å². The average Bonchev–Trinajstić information content (AvgIpc) is 1.81. The Morgan fingerprint density at radius 1 is 1.60 bits per heavy atom. The first-order valence-electron chi connectivity index (χ1n) is 3.06. The van der Waals surface area contributed by atoms with E-state index in [4.69, 9.17) is 10.2 Å². The van der Waals surface area contributed by atoms with Gasteiger partial charge in [-0.3, -0.25) is 4.79 Å². The number of ether oxygens (including phenoxy) is 1. The minimum atomic E-state index is -1.91. The maximum absolute atomic E-state index is 10.4. The standard InChI is InChI=1S/C6H12O4/c1-3-5(7)10-4-6(2,8)9/h8-9H,3-4H2,1-2H3. The van der Waals surface area contributed by atoms with Gasteiger partial charge in [-0.05, 0) is 6.92 Å². The van der Waals surface area contributed by atoms with Crippen LogP contribution in [-0.2, 0) is 9.53 Å². The van der Waals surface area contributed by atoms with Crippen LogP contribution in [0.2, 0.25) is 0 Å². The SMILES string of the molecule is CCC(=O)OCC(C)(O)O. The quantitative estimate of drug-likeness (QED) is 0.423. The van der Waals surface area contributed by atoms with Crippen LogP contribution in [0.25, 0.3) is 0 Å². The van der Waals surface area contributed by atoms with E-state index in [1.807, 2.05) is 0 Å². The van der Waals surface area contributed by atoms with Crippen molar-refractivity contribution in [2.24, 2.45) is 0 Å². The fraction of sp³-hybridized carbons (Fsp3) is 0.833. The normalized spacial score (nSPS) is 11.2. The number of carbonyl (C=O) groups excluding carboxylic acids is 1. The lowest BCUT2D eigenvalue weighted by molar-refractivity contribution is -0.191. The number of hydrogen-bond acceptors (Lipinski definition) is 4. The van der Waals surface area contributed by atoms with Crippen LogP contribution in [0.4, 0.5) is 0 Å². The van der Waals surface area contributed by atoms with Crippen LogP contribution in [0.15, 0.2) is 0 Å². The van der Waals surface area contributed by atoms with Gasteiger partial charge in [-0.15, -0.1) is 0 Å². The van der Waals surface area contributed by atoms with E-state index >= 15 is 0 Å². The van der Waals surface area contributed by atoms with Crippen LogP contribution in [0, 0.1) is 0 Å². The molecule has 0 fully saturated rings. The van der Waals surface area contributed by atoms with Crippen LogP contribution in [0.3, 0.4) is 0 Å². The maximum atomic E-state index is 10.4. The fourth-order valence-electron chi connectivity index (χ4n) is 0.319. The molecule has 0 unspecified atom stereocenters. The van der Waals surface area contributed by atoms with Gasteiger partial charge in [0.1, 0.15) is 6.61 Å². The molecule has 4 nitrogen and oxygen atoms in total. The average molecular weight is 148 g/mol. The van der Waals surface area contributed by atoms with Crippen LogP contribution in [0.5, 0.6) is 0 Å². The van der Waals surface area contributed by atoms with Crippen molar-refractivity contribution < 1.29 is 19.7 Å². The Labute approximate surface area is 59.4 Å². The predicted octanol–water partition coefficient (Wildman–Crippen LogP) is -0.360. The van der Waals surface area contributed by atoms with Gasteiger partial charge in [-0.2, -0.15) is 0 Å². The van der Waals surface area contributed by atoms with Gasteiger partial charge in [0.15, 0.2) is 5.79 Å². The van der Waals surface area contributed by atoms with Gasteiger partial charge in [0, 0.05) is 6.42 Å². The van der Waals surface area contributed by atoms with Crippen LogP contribution < -0.4 is 0 Å². The minimum absolute atomic E-state index is 0.246. The second kappa shape index (κ2) is 3.53. The lowest BCUT2D eigenvalue weighted by Gasteiger charge is -2.14. The molecule has 0 saturated carbocycles. The molecular weight excluding hydrogens is 136 g/mol. The molecule has 60 valence electrons. The summed E-state index contributed by atoms with van der Waals surface area (Å²) in [5.41, 5.74) is 0. The van der Waals surface area contributed by atoms with E-state index in [-0.39, 0.29) is 13.0 Å². The molecule has 0 aliphatic heterocycles. The number of carbonyl (C=O) groups is 1. The zero-order valence-electron chi connectivity index (χ0n) is 6.13. The molecule has 0 aliphatic carbocycles. The van der Waals surface area contributed by atoms with Gasteiger partial charge in [-0.25, -0.2) is 0 Å². The van der Waals surface area contributed by atoms with Crippen molar-refractivity contribution in [2.45, 2.75) is 26.1 Å². The molecule has 0 amide bonds. The molecule has 0 spiro atoms. The molecule has 0 rings (SSSR count). The first-order valence-corrected chi connectivity index (χ1v) is 3.06. The zero-order valence-corrected chi connectivity index (χ0v) is 6.13. The Morgan fingerprint density at radius 2 is 2.10 bits per heavy atom. The van der Waals surface area contributed by atoms with E-state index in [9.17, 15) is 4.79 Å². The number of rotatable bonds is 3.